The van der Waals surface area contributed by atoms with Gasteiger partial charge in [-0.25, -0.2) is 5.21 Å². The number of allylic oxidation sites excluding steroid dienone is 1. The fourth-order valence-corrected chi connectivity index (χ4v) is 1.27. The van der Waals surface area contributed by atoms with Crippen LogP contribution in [0.5, 0.6) is 0 Å². The lowest BCUT2D eigenvalue weighted by Gasteiger charge is -2.16. The average molecular weight is 261 g/mol. The summed E-state index contributed by atoms with van der Waals surface area (Å²) in [6, 6.07) is 0. The number of nitrogens with one attached hydrogen (secondary N) is 2. The minimum Gasteiger partial charge on any atom is -0.595 e. The van der Waals surface area contributed by atoms with Crippen molar-refractivity contribution >= 4 is 34.8 Å². The van der Waals surface area contributed by atoms with Crippen LogP contribution in [0.4, 0.5) is 0 Å². The minimum atomic E-state index is -1.25. The first-order chi connectivity index (χ1) is 6.54. The lowest BCUT2D eigenvalue weighted by molar-refractivity contribution is -1.01. The van der Waals surface area contributed by atoms with Crippen LogP contribution in [-0.4, -0.2) is 18.4 Å². The van der Waals surface area contributed by atoms with Crippen LogP contribution in [-0.2, 0) is 4.74 Å². The van der Waals surface area contributed by atoms with Gasteiger partial charge in [0, 0.05) is 0 Å². The smallest absolute Gasteiger partial charge is 0.255 e. The molecular weight excluding hydrogens is 254 g/mol. The number of hydroxylamine groups is 2. The van der Waals surface area contributed by atoms with Gasteiger partial charge in [0.1, 0.15) is 16.1 Å². The molecule has 0 aliphatic carbocycles. The standard InChI is InChI=1S/C6H7Cl3N2O3/c7-3(5(8)9)4(11(12)13)6-10-1-2-14-6/h10-12H,1-2H2/b6-4+. The highest BCUT2D eigenvalue weighted by molar-refractivity contribution is 6.59. The molecular formula is C6H7Cl3N2O3. The molecule has 1 aliphatic heterocycles. The minimum absolute atomic E-state index is 0.0845. The number of ether oxygens (including phenoxy) is 1. The van der Waals surface area contributed by atoms with Crippen molar-refractivity contribution in [3.05, 3.63) is 26.3 Å². The zero-order valence-corrected chi connectivity index (χ0v) is 9.08. The van der Waals surface area contributed by atoms with Crippen LogP contribution in [0.3, 0.4) is 0 Å². The lowest BCUT2D eigenvalue weighted by Crippen LogP contribution is -3.03. The van der Waals surface area contributed by atoms with E-state index in [9.17, 15) is 5.21 Å². The molecule has 0 bridgehead atoms. The summed E-state index contributed by atoms with van der Waals surface area (Å²) in [5.41, 5.74) is -0.260. The van der Waals surface area contributed by atoms with Gasteiger partial charge in [-0.1, -0.05) is 34.8 Å². The van der Waals surface area contributed by atoms with Gasteiger partial charge < -0.3 is 15.3 Å². The molecule has 5 nitrogen and oxygen atoms in total. The molecule has 3 N–H and O–H groups in total. The van der Waals surface area contributed by atoms with Crippen LogP contribution in [0.1, 0.15) is 0 Å². The lowest BCUT2D eigenvalue weighted by atomic mass is 10.4. The maximum absolute atomic E-state index is 10.8. The molecule has 0 aromatic carbocycles. The molecule has 0 aromatic rings. The third-order valence-corrected chi connectivity index (χ3v) is 2.41. The Morgan fingerprint density at radius 3 is 2.50 bits per heavy atom. The van der Waals surface area contributed by atoms with Gasteiger partial charge in [0.05, 0.1) is 6.54 Å². The van der Waals surface area contributed by atoms with E-state index in [4.69, 9.17) is 44.7 Å². The molecule has 14 heavy (non-hydrogen) atoms. The monoisotopic (exact) mass is 260 g/mol. The molecule has 1 fully saturated rings. The van der Waals surface area contributed by atoms with E-state index >= 15 is 0 Å². The van der Waals surface area contributed by atoms with Crippen LogP contribution in [0, 0.1) is 5.21 Å². The number of hydrogen-bond acceptors (Lipinski definition) is 4. The second-order valence-electron chi connectivity index (χ2n) is 2.36. The third-order valence-electron chi connectivity index (χ3n) is 1.46. The zero-order valence-electron chi connectivity index (χ0n) is 6.81. The molecule has 0 radical (unpaired) electrons. The molecule has 1 unspecified atom stereocenters. The van der Waals surface area contributed by atoms with Crippen molar-refractivity contribution in [2.75, 3.05) is 13.2 Å². The Kier molecular flexibility index (Phi) is 4.31. The average Bonchev–Trinajstić information content (AvgIpc) is 2.56. The van der Waals surface area contributed by atoms with Crippen molar-refractivity contribution in [3.8, 4) is 0 Å². The molecule has 0 spiro atoms. The Bertz CT molecular complexity index is 278. The Morgan fingerprint density at radius 2 is 2.14 bits per heavy atom. The van der Waals surface area contributed by atoms with Crippen molar-refractivity contribution in [1.29, 1.82) is 0 Å². The SMILES string of the molecule is [O-][NH+](O)/C(C(Cl)=C(Cl)Cl)=C1\NCCO1. The van der Waals surface area contributed by atoms with Crippen LogP contribution in [0.15, 0.2) is 21.1 Å². The van der Waals surface area contributed by atoms with Crippen molar-refractivity contribution in [2.45, 2.75) is 0 Å². The van der Waals surface area contributed by atoms with E-state index in [0.717, 1.165) is 0 Å². The van der Waals surface area contributed by atoms with Crippen LogP contribution >= 0.6 is 34.8 Å². The Hall–Kier alpha value is -0.170. The second kappa shape index (κ2) is 5.06. The van der Waals surface area contributed by atoms with E-state index in [0.29, 0.717) is 13.2 Å². The molecule has 1 atom stereocenters. The van der Waals surface area contributed by atoms with Gasteiger partial charge in [-0.15, -0.1) is 0 Å². The molecule has 0 saturated carbocycles. The van der Waals surface area contributed by atoms with Gasteiger partial charge in [-0.2, -0.15) is 5.23 Å². The maximum atomic E-state index is 10.8. The van der Waals surface area contributed by atoms with Gasteiger partial charge in [-0.05, 0) is 0 Å². The normalized spacial score (nSPS) is 20.9. The molecule has 8 heteroatoms. The summed E-state index contributed by atoms with van der Waals surface area (Å²) in [6.07, 6.45) is 0. The first-order valence-corrected chi connectivity index (χ1v) is 4.72. The van der Waals surface area contributed by atoms with Crippen LogP contribution in [0.2, 0.25) is 0 Å². The fourth-order valence-electron chi connectivity index (χ4n) is 0.914. The maximum Gasteiger partial charge on any atom is 0.255 e. The van der Waals surface area contributed by atoms with E-state index in [1.165, 1.54) is 0 Å². The van der Waals surface area contributed by atoms with Crippen molar-refractivity contribution in [1.82, 2.24) is 5.32 Å². The first-order valence-electron chi connectivity index (χ1n) is 3.59. The molecule has 0 aromatic heterocycles. The predicted molar refractivity (Wildman–Crippen MR) is 51.7 cm³/mol. The van der Waals surface area contributed by atoms with Crippen LogP contribution in [0.25, 0.3) is 0 Å². The summed E-state index contributed by atoms with van der Waals surface area (Å²) in [7, 11) is 0. The summed E-state index contributed by atoms with van der Waals surface area (Å²) in [5, 5.41) is 20.9. The Labute approximate surface area is 95.0 Å². The highest BCUT2D eigenvalue weighted by Gasteiger charge is 2.24. The van der Waals surface area contributed by atoms with Crippen LogP contribution < -0.4 is 10.5 Å². The van der Waals surface area contributed by atoms with E-state index in [-0.39, 0.29) is 21.1 Å². The van der Waals surface area contributed by atoms with E-state index in [1.807, 2.05) is 0 Å². The van der Waals surface area contributed by atoms with Gasteiger partial charge in [0.2, 0.25) is 5.70 Å². The number of rotatable bonds is 2. The molecule has 1 saturated heterocycles. The second-order valence-corrected chi connectivity index (χ2v) is 3.69. The van der Waals surface area contributed by atoms with Gasteiger partial charge in [0.15, 0.2) is 0 Å². The summed E-state index contributed by atoms with van der Waals surface area (Å²) >= 11 is 16.4. The highest BCUT2D eigenvalue weighted by atomic mass is 35.5. The summed E-state index contributed by atoms with van der Waals surface area (Å²) in [5.74, 6) is 0.0845. The van der Waals surface area contributed by atoms with Crippen molar-refractivity contribution in [3.63, 3.8) is 0 Å². The fraction of sp³-hybridized carbons (Fsp3) is 0.333. The molecule has 80 valence electrons. The summed E-state index contributed by atoms with van der Waals surface area (Å²) < 4.78 is 4.69. The van der Waals surface area contributed by atoms with Gasteiger partial charge >= 0.3 is 0 Å². The molecule has 1 heterocycles. The molecule has 1 aliphatic rings. The number of halogens is 3. The van der Waals surface area contributed by atoms with E-state index in [1.54, 1.807) is 0 Å². The Morgan fingerprint density at radius 1 is 1.50 bits per heavy atom. The van der Waals surface area contributed by atoms with E-state index < -0.39 is 5.23 Å². The van der Waals surface area contributed by atoms with E-state index in [2.05, 4.69) is 5.32 Å². The first kappa shape index (κ1) is 11.9. The van der Waals surface area contributed by atoms with Gasteiger partial charge in [0.25, 0.3) is 5.88 Å². The van der Waals surface area contributed by atoms with Crippen molar-refractivity contribution < 1.29 is 15.2 Å². The highest BCUT2D eigenvalue weighted by Crippen LogP contribution is 2.24. The quantitative estimate of drug-likeness (QED) is 0.631. The predicted octanol–water partition coefficient (Wildman–Crippen LogP) is 0.433. The van der Waals surface area contributed by atoms with Gasteiger partial charge in [-0.3, -0.25) is 0 Å². The topological polar surface area (TPSA) is 69.0 Å². The third kappa shape index (κ3) is 2.66. The largest absolute Gasteiger partial charge is 0.595 e. The summed E-state index contributed by atoms with van der Waals surface area (Å²) in [4.78, 5) is 0. The number of quaternary nitrogens is 1. The Balaban J connectivity index is 3.07. The molecule has 0 amide bonds. The molecule has 1 rings (SSSR count). The zero-order chi connectivity index (χ0) is 10.7. The van der Waals surface area contributed by atoms with Crippen molar-refractivity contribution in [2.24, 2.45) is 0 Å². The number of hydrogen-bond donors (Lipinski definition) is 3. The summed E-state index contributed by atoms with van der Waals surface area (Å²) in [6.45, 7) is 0.909.